The second-order valence-electron chi connectivity index (χ2n) is 7.43. The SMILES string of the molecule is COc1cc2c(cc1OC)C[N+](OCCF)(c1ccc(-c3ccccc3)cc1)CC2. The third kappa shape index (κ3) is 3.91. The maximum atomic E-state index is 13.1. The molecule has 3 aromatic rings. The topological polar surface area (TPSA) is 27.7 Å². The van der Waals surface area contributed by atoms with Crippen molar-refractivity contribution >= 4 is 5.69 Å². The van der Waals surface area contributed by atoms with Crippen LogP contribution in [0.4, 0.5) is 10.1 Å². The van der Waals surface area contributed by atoms with Crippen molar-refractivity contribution in [3.63, 3.8) is 0 Å². The summed E-state index contributed by atoms with van der Waals surface area (Å²) >= 11 is 0. The fourth-order valence-corrected chi connectivity index (χ4v) is 4.17. The number of ether oxygens (including phenoxy) is 2. The van der Waals surface area contributed by atoms with Gasteiger partial charge < -0.3 is 9.47 Å². The van der Waals surface area contributed by atoms with E-state index in [1.807, 2.05) is 30.3 Å². The van der Waals surface area contributed by atoms with Crippen LogP contribution in [0, 0.1) is 0 Å². The number of benzene rings is 3. The lowest BCUT2D eigenvalue weighted by Gasteiger charge is -2.38. The highest BCUT2D eigenvalue weighted by Crippen LogP contribution is 2.38. The minimum absolute atomic E-state index is 0.0586. The number of hydroxylamine groups is 2. The molecule has 0 fully saturated rings. The van der Waals surface area contributed by atoms with Crippen molar-refractivity contribution in [2.75, 3.05) is 34.0 Å². The van der Waals surface area contributed by atoms with Crippen LogP contribution in [0.5, 0.6) is 11.5 Å². The van der Waals surface area contributed by atoms with Gasteiger partial charge in [0.25, 0.3) is 0 Å². The second kappa shape index (κ2) is 8.86. The van der Waals surface area contributed by atoms with Crippen LogP contribution >= 0.6 is 0 Å². The molecule has 1 aliphatic heterocycles. The molecule has 4 rings (SSSR count). The van der Waals surface area contributed by atoms with Crippen molar-refractivity contribution in [2.24, 2.45) is 0 Å². The van der Waals surface area contributed by atoms with E-state index < -0.39 is 6.67 Å². The molecule has 0 spiro atoms. The fourth-order valence-electron chi connectivity index (χ4n) is 4.17. The number of hydrogen-bond donors (Lipinski definition) is 0. The standard InChI is InChI=1S/C25H27FNO3/c1-28-24-16-21-12-14-27(30-15-13-26,18-22(21)17-25(24)29-2)23-10-8-20(9-11-23)19-6-4-3-5-7-19/h3-11,16-17H,12-15,18H2,1-2H3/q+1. The first-order valence-electron chi connectivity index (χ1n) is 10.2. The third-order valence-electron chi connectivity index (χ3n) is 5.73. The first kappa shape index (κ1) is 20.4. The van der Waals surface area contributed by atoms with Gasteiger partial charge in [0.15, 0.2) is 17.2 Å². The number of alkyl halides is 1. The van der Waals surface area contributed by atoms with E-state index in [1.54, 1.807) is 14.2 Å². The summed E-state index contributed by atoms with van der Waals surface area (Å²) in [6, 6.07) is 22.7. The lowest BCUT2D eigenvalue weighted by molar-refractivity contribution is -0.160. The average molecular weight is 408 g/mol. The molecular weight excluding hydrogens is 381 g/mol. The average Bonchev–Trinajstić information content (AvgIpc) is 2.82. The highest BCUT2D eigenvalue weighted by atomic mass is 19.1. The van der Waals surface area contributed by atoms with Crippen LogP contribution in [0.2, 0.25) is 0 Å². The molecule has 5 heteroatoms. The van der Waals surface area contributed by atoms with Gasteiger partial charge in [0.2, 0.25) is 0 Å². The molecular formula is C25H27FNO3+. The quantitative estimate of drug-likeness (QED) is 0.494. The first-order chi connectivity index (χ1) is 14.7. The molecule has 1 aliphatic rings. The van der Waals surface area contributed by atoms with Gasteiger partial charge in [-0.2, -0.15) is 4.84 Å². The predicted octanol–water partition coefficient (Wildman–Crippen LogP) is 5.34. The summed E-state index contributed by atoms with van der Waals surface area (Å²) in [7, 11) is 3.28. The summed E-state index contributed by atoms with van der Waals surface area (Å²) in [5.74, 6) is 1.43. The van der Waals surface area contributed by atoms with Crippen LogP contribution in [0.15, 0.2) is 66.7 Å². The molecule has 0 aliphatic carbocycles. The van der Waals surface area contributed by atoms with E-state index in [-0.39, 0.29) is 11.3 Å². The van der Waals surface area contributed by atoms with Crippen molar-refractivity contribution in [3.8, 4) is 22.6 Å². The first-order valence-corrected chi connectivity index (χ1v) is 10.2. The maximum absolute atomic E-state index is 13.1. The van der Waals surface area contributed by atoms with E-state index in [9.17, 15) is 4.39 Å². The maximum Gasteiger partial charge on any atom is 0.165 e. The van der Waals surface area contributed by atoms with E-state index in [1.165, 1.54) is 11.1 Å². The van der Waals surface area contributed by atoms with Gasteiger partial charge in [-0.25, -0.2) is 4.39 Å². The minimum atomic E-state index is -0.513. The number of methoxy groups -OCH3 is 2. The zero-order valence-electron chi connectivity index (χ0n) is 17.4. The highest BCUT2D eigenvalue weighted by Gasteiger charge is 2.38. The van der Waals surface area contributed by atoms with Crippen molar-refractivity contribution in [1.29, 1.82) is 0 Å². The van der Waals surface area contributed by atoms with E-state index in [4.69, 9.17) is 14.3 Å². The molecule has 1 unspecified atom stereocenters. The molecule has 0 amide bonds. The summed E-state index contributed by atoms with van der Waals surface area (Å²) in [5, 5.41) is 0. The summed E-state index contributed by atoms with van der Waals surface area (Å²) in [4.78, 5) is 6.13. The van der Waals surface area contributed by atoms with Crippen molar-refractivity contribution in [1.82, 2.24) is 4.65 Å². The van der Waals surface area contributed by atoms with E-state index in [0.717, 1.165) is 35.5 Å². The minimum Gasteiger partial charge on any atom is -0.493 e. The van der Waals surface area contributed by atoms with Crippen LogP contribution in [0.25, 0.3) is 11.1 Å². The van der Waals surface area contributed by atoms with Gasteiger partial charge in [-0.1, -0.05) is 30.3 Å². The molecule has 1 heterocycles. The molecule has 0 aromatic heterocycles. The number of rotatable bonds is 7. The van der Waals surface area contributed by atoms with Crippen molar-refractivity contribution in [3.05, 3.63) is 77.9 Å². The molecule has 0 bridgehead atoms. The van der Waals surface area contributed by atoms with Gasteiger partial charge in [0.1, 0.15) is 26.4 Å². The number of quaternary nitrogens is 1. The Morgan fingerprint density at radius 1 is 0.833 bits per heavy atom. The molecule has 0 saturated carbocycles. The molecule has 30 heavy (non-hydrogen) atoms. The Morgan fingerprint density at radius 2 is 1.47 bits per heavy atom. The Kier molecular flexibility index (Phi) is 6.02. The zero-order chi connectivity index (χ0) is 21.0. The molecule has 156 valence electrons. The van der Waals surface area contributed by atoms with E-state index in [0.29, 0.717) is 12.3 Å². The summed E-state index contributed by atoms with van der Waals surface area (Å²) in [6.07, 6.45) is 0.808. The Hall–Kier alpha value is -2.89. The predicted molar refractivity (Wildman–Crippen MR) is 117 cm³/mol. The van der Waals surface area contributed by atoms with Gasteiger partial charge in [-0.05, 0) is 41.0 Å². The van der Waals surface area contributed by atoms with Crippen LogP contribution in [0.3, 0.4) is 0 Å². The molecule has 1 atom stereocenters. The summed E-state index contributed by atoms with van der Waals surface area (Å²) in [6.45, 7) is 0.886. The molecule has 0 N–H and O–H groups in total. The zero-order valence-corrected chi connectivity index (χ0v) is 17.4. The van der Waals surface area contributed by atoms with Crippen LogP contribution in [-0.4, -0.2) is 34.0 Å². The Morgan fingerprint density at radius 3 is 2.10 bits per heavy atom. The van der Waals surface area contributed by atoms with Gasteiger partial charge in [-0.15, -0.1) is 4.65 Å². The van der Waals surface area contributed by atoms with Crippen molar-refractivity contribution in [2.45, 2.75) is 13.0 Å². The van der Waals surface area contributed by atoms with E-state index in [2.05, 4.69) is 36.4 Å². The lowest BCUT2D eigenvalue weighted by Crippen LogP contribution is -2.52. The summed E-state index contributed by atoms with van der Waals surface area (Å²) < 4.78 is 24.3. The Bertz CT molecular complexity index is 991. The van der Waals surface area contributed by atoms with Gasteiger partial charge in [0.05, 0.1) is 14.2 Å². The van der Waals surface area contributed by atoms with Crippen molar-refractivity contribution < 1.29 is 18.7 Å². The molecule has 0 saturated heterocycles. The Labute approximate surface area is 177 Å². The third-order valence-corrected chi connectivity index (χ3v) is 5.73. The van der Waals surface area contributed by atoms with Crippen LogP contribution in [0.1, 0.15) is 11.1 Å². The Balaban J connectivity index is 1.69. The molecule has 4 nitrogen and oxygen atoms in total. The second-order valence-corrected chi connectivity index (χ2v) is 7.43. The number of halogens is 1. The highest BCUT2D eigenvalue weighted by molar-refractivity contribution is 5.65. The molecule has 3 aromatic carbocycles. The molecule has 0 radical (unpaired) electrons. The summed E-state index contributed by atoms with van der Waals surface area (Å²) in [5.41, 5.74) is 5.67. The monoisotopic (exact) mass is 408 g/mol. The lowest BCUT2D eigenvalue weighted by atomic mass is 9.97. The van der Waals surface area contributed by atoms with Crippen LogP contribution < -0.4 is 14.1 Å². The number of fused-ring (bicyclic) bond motifs is 1. The smallest absolute Gasteiger partial charge is 0.165 e. The van der Waals surface area contributed by atoms with Gasteiger partial charge in [-0.3, -0.25) is 0 Å². The largest absolute Gasteiger partial charge is 0.493 e. The van der Waals surface area contributed by atoms with Gasteiger partial charge >= 0.3 is 0 Å². The van der Waals surface area contributed by atoms with Gasteiger partial charge in [0, 0.05) is 24.1 Å². The normalized spacial score (nSPS) is 18.0. The van der Waals surface area contributed by atoms with E-state index >= 15 is 0 Å². The fraction of sp³-hybridized carbons (Fsp3) is 0.280. The number of hydrogen-bond acceptors (Lipinski definition) is 3. The number of nitrogens with zero attached hydrogens (tertiary/aromatic N) is 1. The van der Waals surface area contributed by atoms with Crippen LogP contribution in [-0.2, 0) is 17.8 Å².